The molecule has 1 N–H and O–H groups in total. The molecule has 30 heavy (non-hydrogen) atoms. The largest absolute Gasteiger partial charge is 0.342 e. The molecule has 162 valence electrons. The third-order valence-corrected chi connectivity index (χ3v) is 7.27. The molecule has 4 amide bonds. The van der Waals surface area contributed by atoms with Gasteiger partial charge in [0.1, 0.15) is 5.54 Å². The topological polar surface area (TPSA) is 69.7 Å². The number of nitrogens with one attached hydrogen (secondary N) is 1. The molecule has 0 aromatic heterocycles. The maximum absolute atomic E-state index is 13.8. The molecule has 0 unspecified atom stereocenters. The van der Waals surface area contributed by atoms with Crippen LogP contribution in [0.15, 0.2) is 30.3 Å². The summed E-state index contributed by atoms with van der Waals surface area (Å²) in [6.45, 7) is 5.69. The Kier molecular flexibility index (Phi) is 5.60. The smallest absolute Gasteiger partial charge is 0.325 e. The SMILES string of the molecule is CC(C)CN1C(=O)NC(=O)C12CCN(C(=O)C1(c3ccccc3)CCCCC1)CC2. The number of amides is 4. The van der Waals surface area contributed by atoms with E-state index in [0.29, 0.717) is 32.5 Å². The molecule has 2 heterocycles. The number of hydrogen-bond acceptors (Lipinski definition) is 3. The van der Waals surface area contributed by atoms with Gasteiger partial charge in [0.05, 0.1) is 5.41 Å². The second-order valence-electron chi connectivity index (χ2n) is 9.60. The molecule has 1 spiro atoms. The predicted octanol–water partition coefficient (Wildman–Crippen LogP) is 3.46. The standard InChI is InChI=1S/C24H33N3O3/c1-18(2)17-27-22(30)25-20(28)24(27)13-15-26(16-14-24)21(29)23(11-7-4-8-12-23)19-9-5-3-6-10-19/h3,5-6,9-10,18H,4,7-8,11-17H2,1-2H3,(H,25,28,30). The van der Waals surface area contributed by atoms with Gasteiger partial charge in [0.2, 0.25) is 5.91 Å². The highest BCUT2D eigenvalue weighted by Crippen LogP contribution is 2.42. The van der Waals surface area contributed by atoms with Crippen molar-refractivity contribution in [1.29, 1.82) is 0 Å². The summed E-state index contributed by atoms with van der Waals surface area (Å²) >= 11 is 0. The quantitative estimate of drug-likeness (QED) is 0.772. The Morgan fingerprint density at radius 3 is 2.23 bits per heavy atom. The average molecular weight is 412 g/mol. The van der Waals surface area contributed by atoms with Crippen LogP contribution in [-0.4, -0.2) is 52.8 Å². The number of imide groups is 1. The van der Waals surface area contributed by atoms with E-state index in [4.69, 9.17) is 0 Å². The maximum Gasteiger partial charge on any atom is 0.325 e. The molecular weight excluding hydrogens is 378 g/mol. The van der Waals surface area contributed by atoms with E-state index in [-0.39, 0.29) is 23.8 Å². The fourth-order valence-corrected chi connectivity index (χ4v) is 5.64. The summed E-state index contributed by atoms with van der Waals surface area (Å²) in [5.41, 5.74) is -0.134. The molecule has 0 radical (unpaired) electrons. The summed E-state index contributed by atoms with van der Waals surface area (Å²) in [4.78, 5) is 42.6. The Hall–Kier alpha value is -2.37. The fraction of sp³-hybridized carbons (Fsp3) is 0.625. The van der Waals surface area contributed by atoms with Crippen LogP contribution >= 0.6 is 0 Å². The molecule has 1 aliphatic carbocycles. The van der Waals surface area contributed by atoms with Crippen LogP contribution < -0.4 is 5.32 Å². The lowest BCUT2D eigenvalue weighted by Gasteiger charge is -2.46. The minimum atomic E-state index is -0.801. The first-order chi connectivity index (χ1) is 14.4. The molecule has 1 saturated carbocycles. The molecule has 1 aromatic rings. The summed E-state index contributed by atoms with van der Waals surface area (Å²) < 4.78 is 0. The summed E-state index contributed by atoms with van der Waals surface area (Å²) in [7, 11) is 0. The normalized spacial score (nSPS) is 23.2. The van der Waals surface area contributed by atoms with Crippen LogP contribution in [0.5, 0.6) is 0 Å². The van der Waals surface area contributed by atoms with Gasteiger partial charge in [-0.15, -0.1) is 0 Å². The number of urea groups is 1. The molecule has 3 fully saturated rings. The van der Waals surface area contributed by atoms with Crippen molar-refractivity contribution in [2.24, 2.45) is 5.92 Å². The highest BCUT2D eigenvalue weighted by molar-refractivity contribution is 6.07. The van der Waals surface area contributed by atoms with Gasteiger partial charge >= 0.3 is 6.03 Å². The van der Waals surface area contributed by atoms with Gasteiger partial charge in [-0.1, -0.05) is 63.4 Å². The average Bonchev–Trinajstić information content (AvgIpc) is 2.98. The van der Waals surface area contributed by atoms with Gasteiger partial charge in [-0.05, 0) is 37.2 Å². The molecule has 2 saturated heterocycles. The molecule has 1 aromatic carbocycles. The summed E-state index contributed by atoms with van der Waals surface area (Å²) in [6.07, 6.45) is 6.10. The van der Waals surface area contributed by atoms with E-state index < -0.39 is 11.0 Å². The maximum atomic E-state index is 13.8. The number of carbonyl (C=O) groups is 3. The van der Waals surface area contributed by atoms with Gasteiger partial charge in [0.25, 0.3) is 5.91 Å². The second-order valence-corrected chi connectivity index (χ2v) is 9.60. The third kappa shape index (κ3) is 3.40. The Bertz CT molecular complexity index is 806. The molecule has 4 rings (SSSR count). The highest BCUT2D eigenvalue weighted by atomic mass is 16.2. The minimum Gasteiger partial charge on any atom is -0.342 e. The van der Waals surface area contributed by atoms with Gasteiger partial charge in [-0.2, -0.15) is 0 Å². The van der Waals surface area contributed by atoms with Crippen LogP contribution in [0.25, 0.3) is 0 Å². The van der Waals surface area contributed by atoms with Crippen molar-refractivity contribution < 1.29 is 14.4 Å². The van der Waals surface area contributed by atoms with Crippen LogP contribution in [0.3, 0.4) is 0 Å². The Labute approximate surface area is 179 Å². The molecule has 0 bridgehead atoms. The Morgan fingerprint density at radius 2 is 1.63 bits per heavy atom. The lowest BCUT2D eigenvalue weighted by atomic mass is 9.68. The Balaban J connectivity index is 1.55. The van der Waals surface area contributed by atoms with Crippen molar-refractivity contribution in [3.05, 3.63) is 35.9 Å². The van der Waals surface area contributed by atoms with Crippen molar-refractivity contribution >= 4 is 17.8 Å². The van der Waals surface area contributed by atoms with Gasteiger partial charge in [-0.3, -0.25) is 14.9 Å². The van der Waals surface area contributed by atoms with E-state index in [1.807, 2.05) is 23.1 Å². The predicted molar refractivity (Wildman–Crippen MR) is 115 cm³/mol. The van der Waals surface area contributed by atoms with Crippen LogP contribution in [0, 0.1) is 5.92 Å². The molecule has 6 nitrogen and oxygen atoms in total. The zero-order valence-electron chi connectivity index (χ0n) is 18.2. The van der Waals surface area contributed by atoms with E-state index >= 15 is 0 Å². The van der Waals surface area contributed by atoms with Gasteiger partial charge < -0.3 is 9.80 Å². The van der Waals surface area contributed by atoms with Crippen LogP contribution in [-0.2, 0) is 15.0 Å². The first-order valence-corrected chi connectivity index (χ1v) is 11.4. The lowest BCUT2D eigenvalue weighted by molar-refractivity contribution is -0.144. The second kappa shape index (κ2) is 8.05. The number of rotatable bonds is 4. The number of benzene rings is 1. The van der Waals surface area contributed by atoms with E-state index in [1.54, 1.807) is 4.90 Å². The van der Waals surface area contributed by atoms with Gasteiger partial charge in [0, 0.05) is 19.6 Å². The molecule has 2 aliphatic heterocycles. The zero-order valence-corrected chi connectivity index (χ0v) is 18.2. The fourth-order valence-electron chi connectivity index (χ4n) is 5.64. The highest BCUT2D eigenvalue weighted by Gasteiger charge is 2.55. The Morgan fingerprint density at radius 1 is 1.00 bits per heavy atom. The molecular formula is C24H33N3O3. The van der Waals surface area contributed by atoms with E-state index in [0.717, 1.165) is 31.2 Å². The number of hydrogen-bond donors (Lipinski definition) is 1. The van der Waals surface area contributed by atoms with Crippen molar-refractivity contribution in [2.75, 3.05) is 19.6 Å². The summed E-state index contributed by atoms with van der Waals surface area (Å²) in [5.74, 6) is 0.279. The molecule has 3 aliphatic rings. The summed E-state index contributed by atoms with van der Waals surface area (Å²) in [6, 6.07) is 9.91. The molecule has 0 atom stereocenters. The number of nitrogens with zero attached hydrogens (tertiary/aromatic N) is 2. The van der Waals surface area contributed by atoms with Crippen LogP contribution in [0.2, 0.25) is 0 Å². The number of likely N-dealkylation sites (tertiary alicyclic amines) is 1. The lowest BCUT2D eigenvalue weighted by Crippen LogP contribution is -2.60. The van der Waals surface area contributed by atoms with Crippen LogP contribution in [0.1, 0.15) is 64.4 Å². The van der Waals surface area contributed by atoms with Gasteiger partial charge in [-0.25, -0.2) is 4.79 Å². The number of piperidine rings is 1. The first kappa shape index (κ1) is 20.9. The van der Waals surface area contributed by atoms with Crippen molar-refractivity contribution in [1.82, 2.24) is 15.1 Å². The molecule has 6 heteroatoms. The third-order valence-electron chi connectivity index (χ3n) is 7.27. The van der Waals surface area contributed by atoms with E-state index in [1.165, 1.54) is 6.42 Å². The summed E-state index contributed by atoms with van der Waals surface area (Å²) in [5, 5.41) is 2.52. The number of carbonyl (C=O) groups excluding carboxylic acids is 3. The van der Waals surface area contributed by atoms with Crippen molar-refractivity contribution in [3.63, 3.8) is 0 Å². The van der Waals surface area contributed by atoms with E-state index in [2.05, 4.69) is 31.3 Å². The van der Waals surface area contributed by atoms with Crippen molar-refractivity contribution in [3.8, 4) is 0 Å². The van der Waals surface area contributed by atoms with Gasteiger partial charge in [0.15, 0.2) is 0 Å². The first-order valence-electron chi connectivity index (χ1n) is 11.4. The monoisotopic (exact) mass is 411 g/mol. The minimum absolute atomic E-state index is 0.198. The van der Waals surface area contributed by atoms with Crippen molar-refractivity contribution in [2.45, 2.75) is 69.7 Å². The van der Waals surface area contributed by atoms with Crippen LogP contribution in [0.4, 0.5) is 4.79 Å². The zero-order chi connectivity index (χ0) is 21.4. The van der Waals surface area contributed by atoms with E-state index in [9.17, 15) is 14.4 Å².